The highest BCUT2D eigenvalue weighted by atomic mass is 32.2. The van der Waals surface area contributed by atoms with Crippen LogP contribution < -0.4 is 4.72 Å². The molecule has 0 amide bonds. The highest BCUT2D eigenvalue weighted by Gasteiger charge is 2.17. The summed E-state index contributed by atoms with van der Waals surface area (Å²) in [6.45, 7) is 2.28. The molecule has 21 heavy (non-hydrogen) atoms. The summed E-state index contributed by atoms with van der Waals surface area (Å²) in [5, 5.41) is 0. The Morgan fingerprint density at radius 2 is 2.10 bits per heavy atom. The molecule has 1 N–H and O–H groups in total. The van der Waals surface area contributed by atoms with E-state index in [1.54, 1.807) is 13.0 Å². The van der Waals surface area contributed by atoms with Crippen LogP contribution in [-0.4, -0.2) is 34.7 Å². The molecule has 0 spiro atoms. The predicted molar refractivity (Wildman–Crippen MR) is 82.2 cm³/mol. The van der Waals surface area contributed by atoms with Gasteiger partial charge >= 0.3 is 0 Å². The molecule has 0 bridgehead atoms. The Labute approximate surface area is 126 Å². The van der Waals surface area contributed by atoms with E-state index in [1.807, 2.05) is 18.2 Å². The molecule has 0 heterocycles. The predicted octanol–water partition coefficient (Wildman–Crippen LogP) is 1.66. The zero-order valence-electron chi connectivity index (χ0n) is 12.3. The van der Waals surface area contributed by atoms with Crippen LogP contribution in [0.1, 0.15) is 30.5 Å². The van der Waals surface area contributed by atoms with Gasteiger partial charge in [0.25, 0.3) is 0 Å². The van der Waals surface area contributed by atoms with E-state index in [4.69, 9.17) is 15.9 Å². The van der Waals surface area contributed by atoms with Crippen molar-refractivity contribution in [2.45, 2.75) is 19.4 Å². The summed E-state index contributed by atoms with van der Waals surface area (Å²) < 4.78 is 36.4. The number of nitrogens with one attached hydrogen (secondary N) is 1. The monoisotopic (exact) mass is 311 g/mol. The van der Waals surface area contributed by atoms with Gasteiger partial charge in [-0.3, -0.25) is 0 Å². The van der Waals surface area contributed by atoms with Crippen LogP contribution in [0.3, 0.4) is 0 Å². The molecular formula is C15H21NO4S. The van der Waals surface area contributed by atoms with Crippen LogP contribution in [0.15, 0.2) is 24.3 Å². The average Bonchev–Trinajstić information content (AvgIpc) is 2.46. The molecule has 0 aromatic heterocycles. The summed E-state index contributed by atoms with van der Waals surface area (Å²) in [4.78, 5) is 0. The molecule has 1 rings (SSSR count). The number of hydrogen-bond acceptors (Lipinski definition) is 4. The summed E-state index contributed by atoms with van der Waals surface area (Å²) in [5.41, 5.74) is 1.48. The molecule has 1 aromatic carbocycles. The molecule has 0 saturated carbocycles. The summed E-state index contributed by atoms with van der Waals surface area (Å²) in [5.74, 6) is 2.56. The zero-order valence-corrected chi connectivity index (χ0v) is 13.2. The Morgan fingerprint density at radius 1 is 1.38 bits per heavy atom. The largest absolute Gasteiger partial charge is 0.359 e. The molecule has 0 aliphatic rings. The van der Waals surface area contributed by atoms with Gasteiger partial charge in [-0.25, -0.2) is 13.1 Å². The molecule has 0 fully saturated rings. The SMILES string of the molecule is C#Cc1ccccc1[C@@H](C)NS(=O)(=O)CCCOCOC. The fourth-order valence-corrected chi connectivity index (χ4v) is 3.17. The number of terminal acetylenes is 1. The molecule has 0 aliphatic heterocycles. The van der Waals surface area contributed by atoms with E-state index in [-0.39, 0.29) is 18.6 Å². The Morgan fingerprint density at radius 3 is 2.76 bits per heavy atom. The lowest BCUT2D eigenvalue weighted by molar-refractivity contribution is -0.0298. The van der Waals surface area contributed by atoms with Crippen molar-refractivity contribution < 1.29 is 17.9 Å². The van der Waals surface area contributed by atoms with E-state index in [9.17, 15) is 8.42 Å². The van der Waals surface area contributed by atoms with E-state index in [2.05, 4.69) is 10.6 Å². The van der Waals surface area contributed by atoms with Gasteiger partial charge in [-0.15, -0.1) is 6.42 Å². The number of hydrogen-bond donors (Lipinski definition) is 1. The van der Waals surface area contributed by atoms with Crippen LogP contribution in [-0.2, 0) is 19.5 Å². The van der Waals surface area contributed by atoms with E-state index >= 15 is 0 Å². The number of methoxy groups -OCH3 is 1. The molecule has 0 radical (unpaired) electrons. The van der Waals surface area contributed by atoms with Crippen LogP contribution in [0.2, 0.25) is 0 Å². The molecule has 116 valence electrons. The summed E-state index contributed by atoms with van der Waals surface area (Å²) in [6, 6.07) is 6.90. The van der Waals surface area contributed by atoms with Gasteiger partial charge in [0.2, 0.25) is 10.0 Å². The summed E-state index contributed by atoms with van der Waals surface area (Å²) >= 11 is 0. The van der Waals surface area contributed by atoms with Crippen molar-refractivity contribution in [3.63, 3.8) is 0 Å². The smallest absolute Gasteiger partial charge is 0.212 e. The molecule has 6 heteroatoms. The van der Waals surface area contributed by atoms with Crippen molar-refractivity contribution in [2.24, 2.45) is 0 Å². The van der Waals surface area contributed by atoms with Crippen molar-refractivity contribution >= 4 is 10.0 Å². The van der Waals surface area contributed by atoms with Crippen molar-refractivity contribution in [3.8, 4) is 12.3 Å². The zero-order chi connectivity index (χ0) is 15.7. The first-order valence-electron chi connectivity index (χ1n) is 6.62. The van der Waals surface area contributed by atoms with Gasteiger partial charge < -0.3 is 9.47 Å². The number of sulfonamides is 1. The lowest BCUT2D eigenvalue weighted by atomic mass is 10.0. The van der Waals surface area contributed by atoms with Gasteiger partial charge in [-0.1, -0.05) is 24.1 Å². The van der Waals surface area contributed by atoms with Gasteiger partial charge in [-0.05, 0) is 25.0 Å². The second-order valence-electron chi connectivity index (χ2n) is 4.56. The lowest BCUT2D eigenvalue weighted by Gasteiger charge is -2.16. The molecule has 1 aromatic rings. The van der Waals surface area contributed by atoms with Crippen LogP contribution in [0.4, 0.5) is 0 Å². The summed E-state index contributed by atoms with van der Waals surface area (Å²) in [7, 11) is -1.86. The topological polar surface area (TPSA) is 64.6 Å². The minimum absolute atomic E-state index is 0.000719. The van der Waals surface area contributed by atoms with Crippen LogP contribution >= 0.6 is 0 Å². The maximum atomic E-state index is 12.0. The number of ether oxygens (including phenoxy) is 2. The second kappa shape index (κ2) is 8.80. The maximum absolute atomic E-state index is 12.0. The fraction of sp³-hybridized carbons (Fsp3) is 0.467. The minimum Gasteiger partial charge on any atom is -0.359 e. The Hall–Kier alpha value is -1.39. The van der Waals surface area contributed by atoms with Crippen molar-refractivity contribution in [3.05, 3.63) is 35.4 Å². The van der Waals surface area contributed by atoms with Gasteiger partial charge in [0, 0.05) is 18.7 Å². The molecule has 0 aliphatic carbocycles. The number of benzene rings is 1. The van der Waals surface area contributed by atoms with Gasteiger partial charge in [0.05, 0.1) is 12.4 Å². The average molecular weight is 311 g/mol. The number of rotatable bonds is 9. The van der Waals surface area contributed by atoms with Gasteiger partial charge in [0.15, 0.2) is 0 Å². The molecular weight excluding hydrogens is 290 g/mol. The van der Waals surface area contributed by atoms with Crippen molar-refractivity contribution in [1.82, 2.24) is 4.72 Å². The van der Waals surface area contributed by atoms with E-state index < -0.39 is 10.0 Å². The lowest BCUT2D eigenvalue weighted by Crippen LogP contribution is -2.30. The van der Waals surface area contributed by atoms with Gasteiger partial charge in [0.1, 0.15) is 6.79 Å². The first-order valence-corrected chi connectivity index (χ1v) is 8.27. The van der Waals surface area contributed by atoms with Crippen LogP contribution in [0.5, 0.6) is 0 Å². The third-order valence-corrected chi connectivity index (χ3v) is 4.38. The summed E-state index contributed by atoms with van der Waals surface area (Å²) in [6.07, 6.45) is 5.83. The van der Waals surface area contributed by atoms with Crippen LogP contribution in [0, 0.1) is 12.3 Å². The van der Waals surface area contributed by atoms with Crippen molar-refractivity contribution in [2.75, 3.05) is 26.3 Å². The highest BCUT2D eigenvalue weighted by Crippen LogP contribution is 2.17. The fourth-order valence-electron chi connectivity index (χ4n) is 1.89. The standard InChI is InChI=1S/C15H21NO4S/c1-4-14-8-5-6-9-15(14)13(2)16-21(17,18)11-7-10-20-12-19-3/h1,5-6,8-9,13,16H,7,10-12H2,2-3H3/t13-/m1/s1. The Kier molecular flexibility index (Phi) is 7.40. The minimum atomic E-state index is -3.38. The van der Waals surface area contributed by atoms with Gasteiger partial charge in [-0.2, -0.15) is 0 Å². The highest BCUT2D eigenvalue weighted by molar-refractivity contribution is 7.89. The van der Waals surface area contributed by atoms with E-state index in [1.165, 1.54) is 7.11 Å². The van der Waals surface area contributed by atoms with E-state index in [0.29, 0.717) is 18.6 Å². The first kappa shape index (κ1) is 17.7. The normalized spacial score (nSPS) is 12.8. The van der Waals surface area contributed by atoms with Crippen LogP contribution in [0.25, 0.3) is 0 Å². The molecule has 1 atom stereocenters. The second-order valence-corrected chi connectivity index (χ2v) is 6.43. The molecule has 5 nitrogen and oxygen atoms in total. The third-order valence-electron chi connectivity index (χ3n) is 2.84. The third kappa shape index (κ3) is 6.27. The first-order chi connectivity index (χ1) is 10.00. The Bertz CT molecular complexity index is 578. The Balaban J connectivity index is 2.56. The molecule has 0 saturated heterocycles. The molecule has 0 unspecified atom stereocenters. The van der Waals surface area contributed by atoms with Crippen molar-refractivity contribution in [1.29, 1.82) is 0 Å². The van der Waals surface area contributed by atoms with E-state index in [0.717, 1.165) is 5.56 Å². The maximum Gasteiger partial charge on any atom is 0.212 e. The quantitative estimate of drug-likeness (QED) is 0.428.